The van der Waals surface area contributed by atoms with Crippen LogP contribution in [0.4, 0.5) is 0 Å². The Morgan fingerprint density at radius 2 is 1.62 bits per heavy atom. The Bertz CT molecular complexity index is 381. The predicted molar refractivity (Wildman–Crippen MR) is 93.5 cm³/mol. The van der Waals surface area contributed by atoms with Gasteiger partial charge in [-0.1, -0.05) is 38.3 Å². The van der Waals surface area contributed by atoms with E-state index in [0.29, 0.717) is 0 Å². The van der Waals surface area contributed by atoms with Gasteiger partial charge in [0.05, 0.1) is 6.10 Å². The third kappa shape index (κ3) is 8.94. The zero-order valence-corrected chi connectivity index (χ0v) is 15.2. The molecule has 1 N–H and O–H groups in total. The zero-order valence-electron chi connectivity index (χ0n) is 14.2. The van der Waals surface area contributed by atoms with Crippen molar-refractivity contribution in [3.05, 3.63) is 29.8 Å². The highest BCUT2D eigenvalue weighted by atomic mass is 28.4. The summed E-state index contributed by atoms with van der Waals surface area (Å²) in [5, 5.41) is 9.91. The lowest BCUT2D eigenvalue weighted by Gasteiger charge is -2.19. The molecule has 120 valence electrons. The SMILES string of the molecule is CCCCCC(O)CCCc1ccc(O[Si](C)(C)C)cc1. The monoisotopic (exact) mass is 308 g/mol. The second-order valence-electron chi connectivity index (χ2n) is 6.90. The van der Waals surface area contributed by atoms with Crippen LogP contribution in [0.5, 0.6) is 5.75 Å². The molecule has 0 aromatic heterocycles. The molecular weight excluding hydrogens is 276 g/mol. The van der Waals surface area contributed by atoms with Gasteiger partial charge in [-0.15, -0.1) is 0 Å². The van der Waals surface area contributed by atoms with Crippen LogP contribution < -0.4 is 4.43 Å². The van der Waals surface area contributed by atoms with Crippen molar-refractivity contribution in [1.29, 1.82) is 0 Å². The van der Waals surface area contributed by atoms with E-state index in [-0.39, 0.29) is 6.10 Å². The van der Waals surface area contributed by atoms with E-state index >= 15 is 0 Å². The van der Waals surface area contributed by atoms with E-state index in [1.165, 1.54) is 18.4 Å². The van der Waals surface area contributed by atoms with Crippen LogP contribution in [0.15, 0.2) is 24.3 Å². The van der Waals surface area contributed by atoms with Crippen molar-refractivity contribution in [2.75, 3.05) is 0 Å². The van der Waals surface area contributed by atoms with E-state index in [1.54, 1.807) is 0 Å². The molecule has 1 atom stereocenters. The van der Waals surface area contributed by atoms with Gasteiger partial charge in [0.1, 0.15) is 5.75 Å². The average molecular weight is 309 g/mol. The number of hydrogen-bond acceptors (Lipinski definition) is 2. The minimum absolute atomic E-state index is 0.119. The molecular formula is C18H32O2Si. The van der Waals surface area contributed by atoms with Crippen LogP contribution in [0, 0.1) is 0 Å². The van der Waals surface area contributed by atoms with Gasteiger partial charge in [-0.05, 0) is 63.0 Å². The number of hydrogen-bond donors (Lipinski definition) is 1. The van der Waals surface area contributed by atoms with Crippen LogP contribution in [-0.2, 0) is 6.42 Å². The molecule has 1 aromatic rings. The predicted octanol–water partition coefficient (Wildman–Crippen LogP) is 5.16. The summed E-state index contributed by atoms with van der Waals surface area (Å²) in [7, 11) is -1.50. The van der Waals surface area contributed by atoms with Gasteiger partial charge in [-0.25, -0.2) is 0 Å². The molecule has 0 saturated carbocycles. The van der Waals surface area contributed by atoms with E-state index in [0.717, 1.165) is 37.9 Å². The molecule has 3 heteroatoms. The minimum Gasteiger partial charge on any atom is -0.544 e. The molecule has 0 amide bonds. The molecule has 21 heavy (non-hydrogen) atoms. The Hall–Kier alpha value is -0.803. The Morgan fingerprint density at radius 3 is 2.19 bits per heavy atom. The maximum Gasteiger partial charge on any atom is 0.242 e. The van der Waals surface area contributed by atoms with Gasteiger partial charge in [0.2, 0.25) is 8.32 Å². The lowest BCUT2D eigenvalue weighted by molar-refractivity contribution is 0.148. The molecule has 1 aromatic carbocycles. The largest absolute Gasteiger partial charge is 0.544 e. The topological polar surface area (TPSA) is 29.5 Å². The maximum atomic E-state index is 9.91. The molecule has 0 aliphatic carbocycles. The molecule has 0 fully saturated rings. The van der Waals surface area contributed by atoms with Gasteiger partial charge in [0.15, 0.2) is 0 Å². The van der Waals surface area contributed by atoms with Crippen LogP contribution in [0.3, 0.4) is 0 Å². The van der Waals surface area contributed by atoms with Crippen LogP contribution in [0.25, 0.3) is 0 Å². The molecule has 0 aliphatic rings. The molecule has 0 radical (unpaired) electrons. The summed E-state index contributed by atoms with van der Waals surface area (Å²) in [6.07, 6.45) is 7.45. The first-order chi connectivity index (χ1) is 9.90. The average Bonchev–Trinajstić information content (AvgIpc) is 2.39. The standard InChI is InChI=1S/C18H32O2Si/c1-5-6-7-10-17(19)11-8-9-16-12-14-18(15-13-16)20-21(2,3)4/h12-15,17,19H,5-11H2,1-4H3. The lowest BCUT2D eigenvalue weighted by atomic mass is 10.0. The highest BCUT2D eigenvalue weighted by Crippen LogP contribution is 2.18. The van der Waals surface area contributed by atoms with Crippen LogP contribution in [-0.4, -0.2) is 19.5 Å². The van der Waals surface area contributed by atoms with Crippen molar-refractivity contribution in [1.82, 2.24) is 0 Å². The van der Waals surface area contributed by atoms with E-state index in [4.69, 9.17) is 4.43 Å². The molecule has 0 saturated heterocycles. The Morgan fingerprint density at radius 1 is 1.00 bits per heavy atom. The lowest BCUT2D eigenvalue weighted by Crippen LogP contribution is -2.29. The molecule has 0 aliphatic heterocycles. The van der Waals surface area contributed by atoms with Gasteiger partial charge >= 0.3 is 0 Å². The van der Waals surface area contributed by atoms with Crippen molar-refractivity contribution in [2.24, 2.45) is 0 Å². The van der Waals surface area contributed by atoms with E-state index in [2.05, 4.69) is 50.8 Å². The van der Waals surface area contributed by atoms with Gasteiger partial charge in [0.25, 0.3) is 0 Å². The Kier molecular flexibility index (Phi) is 8.05. The number of rotatable bonds is 10. The zero-order chi connectivity index (χ0) is 15.7. The highest BCUT2D eigenvalue weighted by Gasteiger charge is 2.15. The molecule has 0 bridgehead atoms. The summed E-state index contributed by atoms with van der Waals surface area (Å²) in [4.78, 5) is 0. The van der Waals surface area contributed by atoms with Gasteiger partial charge in [-0.2, -0.15) is 0 Å². The fourth-order valence-electron chi connectivity index (χ4n) is 2.39. The first-order valence-electron chi connectivity index (χ1n) is 8.36. The van der Waals surface area contributed by atoms with Crippen molar-refractivity contribution in [3.63, 3.8) is 0 Å². The third-order valence-electron chi connectivity index (χ3n) is 3.49. The van der Waals surface area contributed by atoms with Crippen LogP contribution in [0.1, 0.15) is 51.0 Å². The maximum absolute atomic E-state index is 9.91. The fraction of sp³-hybridized carbons (Fsp3) is 0.667. The molecule has 1 unspecified atom stereocenters. The van der Waals surface area contributed by atoms with Crippen molar-refractivity contribution < 1.29 is 9.53 Å². The van der Waals surface area contributed by atoms with E-state index < -0.39 is 8.32 Å². The molecule has 0 spiro atoms. The minimum atomic E-state index is -1.50. The van der Waals surface area contributed by atoms with E-state index in [1.807, 2.05) is 0 Å². The molecule has 0 heterocycles. The summed E-state index contributed by atoms with van der Waals surface area (Å²) in [6.45, 7) is 8.78. The summed E-state index contributed by atoms with van der Waals surface area (Å²) >= 11 is 0. The number of unbranched alkanes of at least 4 members (excludes halogenated alkanes) is 2. The van der Waals surface area contributed by atoms with Gasteiger partial charge in [0, 0.05) is 0 Å². The molecule has 2 nitrogen and oxygen atoms in total. The summed E-state index contributed by atoms with van der Waals surface area (Å²) in [6, 6.07) is 8.45. The number of aryl methyl sites for hydroxylation is 1. The summed E-state index contributed by atoms with van der Waals surface area (Å²) in [5.74, 6) is 0.984. The van der Waals surface area contributed by atoms with Crippen molar-refractivity contribution in [3.8, 4) is 5.75 Å². The van der Waals surface area contributed by atoms with Gasteiger partial charge < -0.3 is 9.53 Å². The smallest absolute Gasteiger partial charge is 0.242 e. The fourth-order valence-corrected chi connectivity index (χ4v) is 3.24. The van der Waals surface area contributed by atoms with Crippen molar-refractivity contribution in [2.45, 2.75) is 77.6 Å². The molecule has 1 rings (SSSR count). The second-order valence-corrected chi connectivity index (χ2v) is 11.3. The Balaban J connectivity index is 2.26. The van der Waals surface area contributed by atoms with Crippen molar-refractivity contribution >= 4 is 8.32 Å². The number of benzene rings is 1. The van der Waals surface area contributed by atoms with Crippen LogP contribution in [0.2, 0.25) is 19.6 Å². The first kappa shape index (κ1) is 18.2. The highest BCUT2D eigenvalue weighted by molar-refractivity contribution is 6.70. The third-order valence-corrected chi connectivity index (χ3v) is 4.34. The first-order valence-corrected chi connectivity index (χ1v) is 11.8. The number of aliphatic hydroxyl groups excluding tert-OH is 1. The summed E-state index contributed by atoms with van der Waals surface area (Å²) in [5.41, 5.74) is 1.33. The second kappa shape index (κ2) is 9.26. The normalized spacial score (nSPS) is 13.2. The van der Waals surface area contributed by atoms with E-state index in [9.17, 15) is 5.11 Å². The van der Waals surface area contributed by atoms with Gasteiger partial charge in [-0.3, -0.25) is 0 Å². The van der Waals surface area contributed by atoms with Crippen LogP contribution >= 0.6 is 0 Å². The number of aliphatic hydroxyl groups is 1. The Labute approximate surface area is 131 Å². The quantitative estimate of drug-likeness (QED) is 0.477. The summed E-state index contributed by atoms with van der Waals surface area (Å²) < 4.78 is 5.95.